The summed E-state index contributed by atoms with van der Waals surface area (Å²) in [7, 11) is -3.16. The standard InChI is InChI=1S/C20H21N3O4S2/c24-19(21-14-11-29(25,26)12-15(14)23-9-3-4-10-23)16-7-8-17(27-16)20-22-13-5-1-2-6-18(13)28-20/h1-2,5-8,14-15H,3-4,9-12H2,(H,21,24). The topological polar surface area (TPSA) is 92.5 Å². The molecular formula is C20H21N3O4S2. The summed E-state index contributed by atoms with van der Waals surface area (Å²) in [5.74, 6) is 0.400. The first-order valence-electron chi connectivity index (χ1n) is 9.70. The van der Waals surface area contributed by atoms with Gasteiger partial charge in [0.25, 0.3) is 5.91 Å². The van der Waals surface area contributed by atoms with E-state index in [4.69, 9.17) is 4.42 Å². The van der Waals surface area contributed by atoms with Crippen LogP contribution in [0.2, 0.25) is 0 Å². The second kappa shape index (κ2) is 7.23. The molecule has 152 valence electrons. The highest BCUT2D eigenvalue weighted by atomic mass is 32.2. The Balaban J connectivity index is 1.34. The maximum atomic E-state index is 12.8. The lowest BCUT2D eigenvalue weighted by atomic mass is 10.1. The predicted molar refractivity (Wildman–Crippen MR) is 112 cm³/mol. The molecule has 7 nitrogen and oxygen atoms in total. The Morgan fingerprint density at radius 1 is 1.14 bits per heavy atom. The molecular weight excluding hydrogens is 410 g/mol. The maximum absolute atomic E-state index is 12.8. The van der Waals surface area contributed by atoms with Crippen LogP contribution in [0.4, 0.5) is 0 Å². The number of amides is 1. The van der Waals surface area contributed by atoms with Crippen molar-refractivity contribution in [3.8, 4) is 10.8 Å². The molecule has 1 aromatic carbocycles. The Morgan fingerprint density at radius 2 is 1.93 bits per heavy atom. The summed E-state index contributed by atoms with van der Waals surface area (Å²) < 4.78 is 31.2. The van der Waals surface area contributed by atoms with Crippen LogP contribution in [0.25, 0.3) is 21.0 Å². The molecule has 4 heterocycles. The Bertz CT molecular complexity index is 1130. The molecule has 2 aromatic heterocycles. The van der Waals surface area contributed by atoms with Gasteiger partial charge in [-0.1, -0.05) is 12.1 Å². The van der Waals surface area contributed by atoms with Crippen molar-refractivity contribution in [1.82, 2.24) is 15.2 Å². The minimum atomic E-state index is -3.16. The normalized spacial score (nSPS) is 24.3. The summed E-state index contributed by atoms with van der Waals surface area (Å²) in [5.41, 5.74) is 0.888. The lowest BCUT2D eigenvalue weighted by Crippen LogP contribution is -2.50. The molecule has 2 unspecified atom stereocenters. The highest BCUT2D eigenvalue weighted by Crippen LogP contribution is 2.31. The Labute approximate surface area is 172 Å². The van der Waals surface area contributed by atoms with E-state index in [1.165, 1.54) is 11.3 Å². The zero-order valence-electron chi connectivity index (χ0n) is 15.7. The van der Waals surface area contributed by atoms with Gasteiger partial charge in [-0.25, -0.2) is 13.4 Å². The molecule has 2 aliphatic rings. The van der Waals surface area contributed by atoms with Gasteiger partial charge in [-0.3, -0.25) is 9.69 Å². The number of carbonyl (C=O) groups is 1. The molecule has 1 amide bonds. The summed E-state index contributed by atoms with van der Waals surface area (Å²) in [4.78, 5) is 19.5. The van der Waals surface area contributed by atoms with Gasteiger partial charge in [0.1, 0.15) is 0 Å². The molecule has 1 N–H and O–H groups in total. The van der Waals surface area contributed by atoms with E-state index in [0.29, 0.717) is 10.8 Å². The van der Waals surface area contributed by atoms with Crippen LogP contribution in [0, 0.1) is 0 Å². The third-order valence-electron chi connectivity index (χ3n) is 5.58. The molecule has 9 heteroatoms. The van der Waals surface area contributed by atoms with Crippen molar-refractivity contribution in [3.05, 3.63) is 42.2 Å². The highest BCUT2D eigenvalue weighted by Gasteiger charge is 2.42. The predicted octanol–water partition coefficient (Wildman–Crippen LogP) is 2.55. The van der Waals surface area contributed by atoms with Crippen molar-refractivity contribution in [2.45, 2.75) is 24.9 Å². The van der Waals surface area contributed by atoms with Crippen molar-refractivity contribution in [2.24, 2.45) is 0 Å². The van der Waals surface area contributed by atoms with Gasteiger partial charge in [0.2, 0.25) is 0 Å². The summed E-state index contributed by atoms with van der Waals surface area (Å²) in [6.07, 6.45) is 2.14. The largest absolute Gasteiger partial charge is 0.448 e. The van der Waals surface area contributed by atoms with Gasteiger partial charge in [-0.05, 0) is 50.2 Å². The van der Waals surface area contributed by atoms with Crippen LogP contribution in [0.3, 0.4) is 0 Å². The van der Waals surface area contributed by atoms with Crippen LogP contribution in [0.5, 0.6) is 0 Å². The van der Waals surface area contributed by atoms with Crippen molar-refractivity contribution in [1.29, 1.82) is 0 Å². The average Bonchev–Trinajstić information content (AvgIpc) is 3.47. The van der Waals surface area contributed by atoms with E-state index in [-0.39, 0.29) is 29.2 Å². The summed E-state index contributed by atoms with van der Waals surface area (Å²) in [6, 6.07) is 10.6. The van der Waals surface area contributed by atoms with Crippen LogP contribution in [0.1, 0.15) is 23.4 Å². The number of aromatic nitrogens is 1. The number of para-hydroxylation sites is 1. The molecule has 0 bridgehead atoms. The Hall–Kier alpha value is -2.23. The molecule has 2 fully saturated rings. The van der Waals surface area contributed by atoms with Gasteiger partial charge < -0.3 is 9.73 Å². The molecule has 29 heavy (non-hydrogen) atoms. The van der Waals surface area contributed by atoms with E-state index in [9.17, 15) is 13.2 Å². The van der Waals surface area contributed by atoms with Gasteiger partial charge in [0.15, 0.2) is 26.4 Å². The zero-order chi connectivity index (χ0) is 20.0. The number of carbonyl (C=O) groups excluding carboxylic acids is 1. The number of nitrogens with zero attached hydrogens (tertiary/aromatic N) is 2. The molecule has 0 radical (unpaired) electrons. The number of sulfone groups is 1. The van der Waals surface area contributed by atoms with Crippen molar-refractivity contribution >= 4 is 37.3 Å². The average molecular weight is 432 g/mol. The minimum Gasteiger partial charge on any atom is -0.448 e. The first-order chi connectivity index (χ1) is 14.0. The van der Waals surface area contributed by atoms with Crippen molar-refractivity contribution in [3.63, 3.8) is 0 Å². The molecule has 3 aromatic rings. The van der Waals surface area contributed by atoms with E-state index in [2.05, 4.69) is 15.2 Å². The number of hydrogen-bond donors (Lipinski definition) is 1. The molecule has 0 aliphatic carbocycles. The zero-order valence-corrected chi connectivity index (χ0v) is 17.3. The number of rotatable bonds is 4. The van der Waals surface area contributed by atoms with Gasteiger partial charge >= 0.3 is 0 Å². The van der Waals surface area contributed by atoms with Crippen molar-refractivity contribution in [2.75, 3.05) is 24.6 Å². The first-order valence-corrected chi connectivity index (χ1v) is 12.3. The van der Waals surface area contributed by atoms with Gasteiger partial charge in [0, 0.05) is 6.04 Å². The molecule has 2 saturated heterocycles. The lowest BCUT2D eigenvalue weighted by Gasteiger charge is -2.28. The quantitative estimate of drug-likeness (QED) is 0.683. The smallest absolute Gasteiger partial charge is 0.287 e. The number of furan rings is 1. The van der Waals surface area contributed by atoms with Gasteiger partial charge in [-0.2, -0.15) is 0 Å². The van der Waals surface area contributed by atoms with Crippen LogP contribution in [0.15, 0.2) is 40.8 Å². The fourth-order valence-corrected chi connectivity index (χ4v) is 7.07. The third kappa shape index (κ3) is 3.70. The number of fused-ring (bicyclic) bond motifs is 1. The molecule has 2 atom stereocenters. The van der Waals surface area contributed by atoms with Crippen molar-refractivity contribution < 1.29 is 17.6 Å². The molecule has 2 aliphatic heterocycles. The van der Waals surface area contributed by atoms with Crippen LogP contribution >= 0.6 is 11.3 Å². The SMILES string of the molecule is O=C(NC1CS(=O)(=O)CC1N1CCCC1)c1ccc(-c2nc3ccccc3s2)o1. The first kappa shape index (κ1) is 18.8. The summed E-state index contributed by atoms with van der Waals surface area (Å²) >= 11 is 1.50. The van der Waals surface area contributed by atoms with Crippen LogP contribution < -0.4 is 5.32 Å². The van der Waals surface area contributed by atoms with Gasteiger partial charge in [0.05, 0.1) is 27.8 Å². The number of nitrogens with one attached hydrogen (secondary N) is 1. The molecule has 0 saturated carbocycles. The molecule has 5 rings (SSSR count). The maximum Gasteiger partial charge on any atom is 0.287 e. The van der Waals surface area contributed by atoms with Gasteiger partial charge in [-0.15, -0.1) is 11.3 Å². The minimum absolute atomic E-state index is 0.0225. The second-order valence-electron chi connectivity index (χ2n) is 7.62. The Morgan fingerprint density at radius 3 is 2.72 bits per heavy atom. The second-order valence-corrected chi connectivity index (χ2v) is 10.8. The lowest BCUT2D eigenvalue weighted by molar-refractivity contribution is 0.0891. The van der Waals surface area contributed by atoms with E-state index in [1.807, 2.05) is 24.3 Å². The fourth-order valence-electron chi connectivity index (χ4n) is 4.19. The van der Waals surface area contributed by atoms with E-state index in [1.54, 1.807) is 12.1 Å². The van der Waals surface area contributed by atoms with E-state index >= 15 is 0 Å². The van der Waals surface area contributed by atoms with E-state index < -0.39 is 15.9 Å². The number of benzene rings is 1. The monoisotopic (exact) mass is 431 g/mol. The molecule has 0 spiro atoms. The Kier molecular flexibility index (Phi) is 4.68. The number of likely N-dealkylation sites (tertiary alicyclic amines) is 1. The third-order valence-corrected chi connectivity index (χ3v) is 8.35. The van der Waals surface area contributed by atoms with Crippen LogP contribution in [-0.2, 0) is 9.84 Å². The summed E-state index contributed by atoms with van der Waals surface area (Å²) in [6.45, 7) is 1.77. The number of hydrogen-bond acceptors (Lipinski definition) is 7. The fraction of sp³-hybridized carbons (Fsp3) is 0.400. The number of thiazole rings is 1. The highest BCUT2D eigenvalue weighted by molar-refractivity contribution is 7.91. The summed E-state index contributed by atoms with van der Waals surface area (Å²) in [5, 5.41) is 3.61. The van der Waals surface area contributed by atoms with Crippen LogP contribution in [-0.4, -0.2) is 60.9 Å². The van der Waals surface area contributed by atoms with E-state index in [0.717, 1.165) is 36.1 Å².